The minimum Gasteiger partial charge on any atom is -0.493 e. The van der Waals surface area contributed by atoms with Gasteiger partial charge in [-0.3, -0.25) is 4.79 Å². The fourth-order valence-corrected chi connectivity index (χ4v) is 1.81. The molecule has 0 saturated heterocycles. The Hall–Kier alpha value is -1.35. The van der Waals surface area contributed by atoms with E-state index < -0.39 is 6.04 Å². The highest BCUT2D eigenvalue weighted by atomic mass is 16.5. The number of ether oxygens (including phenoxy) is 1. The predicted octanol–water partition coefficient (Wildman–Crippen LogP) is 1.60. The Morgan fingerprint density at radius 3 is 3.07 bits per heavy atom. The number of nitrogens with two attached hydrogens (primary N) is 1. The number of hydrogen-bond acceptors (Lipinski definition) is 3. The lowest BCUT2D eigenvalue weighted by atomic mass is 9.98. The van der Waals surface area contributed by atoms with Crippen LogP contribution in [0.3, 0.4) is 0 Å². The second-order valence-corrected chi connectivity index (χ2v) is 3.91. The molecule has 0 saturated carbocycles. The zero-order valence-electron chi connectivity index (χ0n) is 8.82. The maximum atomic E-state index is 11.2. The summed E-state index contributed by atoms with van der Waals surface area (Å²) in [6.45, 7) is 2.30. The number of hydrogen-bond donors (Lipinski definition) is 1. The molecule has 1 aromatic rings. The molecule has 1 aliphatic rings. The van der Waals surface area contributed by atoms with Crippen LogP contribution >= 0.6 is 0 Å². The predicted molar refractivity (Wildman–Crippen MR) is 57.9 cm³/mol. The number of carbonyl (C=O) groups is 1. The van der Waals surface area contributed by atoms with E-state index in [0.717, 1.165) is 36.3 Å². The van der Waals surface area contributed by atoms with Crippen molar-refractivity contribution in [2.45, 2.75) is 25.8 Å². The number of ketones is 1. The van der Waals surface area contributed by atoms with Crippen molar-refractivity contribution in [2.24, 2.45) is 5.73 Å². The van der Waals surface area contributed by atoms with Gasteiger partial charge in [-0.05, 0) is 37.0 Å². The lowest BCUT2D eigenvalue weighted by molar-refractivity contribution is -0.118. The van der Waals surface area contributed by atoms with Crippen LogP contribution < -0.4 is 10.5 Å². The van der Waals surface area contributed by atoms with Gasteiger partial charge in [-0.25, -0.2) is 0 Å². The SMILES string of the molecule is CC(=O)C(N)c1ccc2c(c1)CCCO2. The number of benzene rings is 1. The molecule has 0 aliphatic carbocycles. The molecule has 0 radical (unpaired) electrons. The van der Waals surface area contributed by atoms with Crippen molar-refractivity contribution >= 4 is 5.78 Å². The van der Waals surface area contributed by atoms with Crippen molar-refractivity contribution in [1.82, 2.24) is 0 Å². The lowest BCUT2D eigenvalue weighted by Gasteiger charge is -2.19. The maximum Gasteiger partial charge on any atom is 0.150 e. The molecule has 15 heavy (non-hydrogen) atoms. The summed E-state index contributed by atoms with van der Waals surface area (Å²) in [6, 6.07) is 5.26. The lowest BCUT2D eigenvalue weighted by Crippen LogP contribution is -2.19. The van der Waals surface area contributed by atoms with Crippen LogP contribution in [0.1, 0.15) is 30.5 Å². The Bertz CT molecular complexity index is 387. The van der Waals surface area contributed by atoms with E-state index in [9.17, 15) is 4.79 Å². The van der Waals surface area contributed by atoms with Crippen molar-refractivity contribution in [2.75, 3.05) is 6.61 Å². The first-order valence-electron chi connectivity index (χ1n) is 5.20. The monoisotopic (exact) mass is 205 g/mol. The molecule has 0 spiro atoms. The van der Waals surface area contributed by atoms with Crippen molar-refractivity contribution in [3.8, 4) is 5.75 Å². The van der Waals surface area contributed by atoms with Gasteiger partial charge in [0.05, 0.1) is 12.6 Å². The standard InChI is InChI=1S/C12H15NO2/c1-8(14)12(13)10-4-5-11-9(7-10)3-2-6-15-11/h4-5,7,12H,2-3,6,13H2,1H3. The van der Waals surface area contributed by atoms with Crippen molar-refractivity contribution in [1.29, 1.82) is 0 Å². The van der Waals surface area contributed by atoms with E-state index in [2.05, 4.69) is 0 Å². The van der Waals surface area contributed by atoms with E-state index in [4.69, 9.17) is 10.5 Å². The van der Waals surface area contributed by atoms with Gasteiger partial charge in [0.2, 0.25) is 0 Å². The van der Waals surface area contributed by atoms with Gasteiger partial charge in [-0.1, -0.05) is 12.1 Å². The second kappa shape index (κ2) is 4.03. The van der Waals surface area contributed by atoms with E-state index in [0.29, 0.717) is 0 Å². The van der Waals surface area contributed by atoms with Crippen molar-refractivity contribution in [3.63, 3.8) is 0 Å². The summed E-state index contributed by atoms with van der Waals surface area (Å²) in [5.74, 6) is 0.924. The molecule has 1 heterocycles. The average Bonchev–Trinajstić information content (AvgIpc) is 2.27. The summed E-state index contributed by atoms with van der Waals surface area (Å²) in [7, 11) is 0. The van der Waals surface area contributed by atoms with Gasteiger partial charge in [0, 0.05) is 0 Å². The molecule has 1 atom stereocenters. The van der Waals surface area contributed by atoms with Gasteiger partial charge in [0.15, 0.2) is 5.78 Å². The summed E-state index contributed by atoms with van der Waals surface area (Å²) in [6.07, 6.45) is 2.04. The first kappa shape index (κ1) is 10.2. The van der Waals surface area contributed by atoms with E-state index in [1.807, 2.05) is 18.2 Å². The highest BCUT2D eigenvalue weighted by molar-refractivity contribution is 5.82. The molecular weight excluding hydrogens is 190 g/mol. The Balaban J connectivity index is 2.31. The van der Waals surface area contributed by atoms with Gasteiger partial charge in [-0.2, -0.15) is 0 Å². The Labute approximate surface area is 89.2 Å². The van der Waals surface area contributed by atoms with Gasteiger partial charge in [0.1, 0.15) is 5.75 Å². The number of aryl methyl sites for hydroxylation is 1. The number of Topliss-reactive ketones (excluding diaryl/α,β-unsaturated/α-hetero) is 1. The molecule has 0 amide bonds. The smallest absolute Gasteiger partial charge is 0.150 e. The summed E-state index contributed by atoms with van der Waals surface area (Å²) in [5, 5.41) is 0. The number of carbonyl (C=O) groups excluding carboxylic acids is 1. The maximum absolute atomic E-state index is 11.2. The molecular formula is C12H15NO2. The van der Waals surface area contributed by atoms with Crippen LogP contribution in [0.25, 0.3) is 0 Å². The van der Waals surface area contributed by atoms with Crippen molar-refractivity contribution < 1.29 is 9.53 Å². The van der Waals surface area contributed by atoms with Gasteiger partial charge in [-0.15, -0.1) is 0 Å². The molecule has 1 aromatic carbocycles. The molecule has 0 bridgehead atoms. The Kier molecular flexibility index (Phi) is 2.73. The first-order valence-corrected chi connectivity index (χ1v) is 5.20. The summed E-state index contributed by atoms with van der Waals surface area (Å²) in [4.78, 5) is 11.2. The molecule has 2 N–H and O–H groups in total. The van der Waals surface area contributed by atoms with Gasteiger partial charge < -0.3 is 10.5 Å². The Morgan fingerprint density at radius 1 is 1.53 bits per heavy atom. The normalized spacial score (nSPS) is 16.4. The molecule has 0 aromatic heterocycles. The second-order valence-electron chi connectivity index (χ2n) is 3.91. The van der Waals surface area contributed by atoms with Crippen LogP contribution in [0, 0.1) is 0 Å². The van der Waals surface area contributed by atoms with E-state index in [-0.39, 0.29) is 5.78 Å². The van der Waals surface area contributed by atoms with E-state index in [1.54, 1.807) is 0 Å². The Morgan fingerprint density at radius 2 is 2.33 bits per heavy atom. The first-order chi connectivity index (χ1) is 7.18. The van der Waals surface area contributed by atoms with Gasteiger partial charge in [0.25, 0.3) is 0 Å². The van der Waals surface area contributed by atoms with Gasteiger partial charge >= 0.3 is 0 Å². The molecule has 1 unspecified atom stereocenters. The van der Waals surface area contributed by atoms with E-state index >= 15 is 0 Å². The van der Waals surface area contributed by atoms with Crippen LogP contribution in [0.4, 0.5) is 0 Å². The molecule has 80 valence electrons. The zero-order valence-corrected chi connectivity index (χ0v) is 8.82. The molecule has 0 fully saturated rings. The minimum atomic E-state index is -0.503. The fourth-order valence-electron chi connectivity index (χ4n) is 1.81. The fraction of sp³-hybridized carbons (Fsp3) is 0.417. The minimum absolute atomic E-state index is 0.00771. The third-order valence-electron chi connectivity index (χ3n) is 2.73. The summed E-state index contributed by atoms with van der Waals surface area (Å²) >= 11 is 0. The number of rotatable bonds is 2. The molecule has 2 rings (SSSR count). The number of fused-ring (bicyclic) bond motifs is 1. The van der Waals surface area contributed by atoms with Crippen LogP contribution in [0.15, 0.2) is 18.2 Å². The summed E-state index contributed by atoms with van der Waals surface area (Å²) < 4.78 is 5.49. The van der Waals surface area contributed by atoms with Crippen LogP contribution in [-0.4, -0.2) is 12.4 Å². The van der Waals surface area contributed by atoms with Crippen LogP contribution in [0.5, 0.6) is 5.75 Å². The van der Waals surface area contributed by atoms with Crippen LogP contribution in [-0.2, 0) is 11.2 Å². The average molecular weight is 205 g/mol. The van der Waals surface area contributed by atoms with E-state index in [1.165, 1.54) is 6.92 Å². The zero-order chi connectivity index (χ0) is 10.8. The van der Waals surface area contributed by atoms with Crippen LogP contribution in [0.2, 0.25) is 0 Å². The topological polar surface area (TPSA) is 52.3 Å². The molecule has 1 aliphatic heterocycles. The largest absolute Gasteiger partial charge is 0.493 e. The highest BCUT2D eigenvalue weighted by Gasteiger charge is 2.15. The third kappa shape index (κ3) is 2.02. The quantitative estimate of drug-likeness (QED) is 0.797. The highest BCUT2D eigenvalue weighted by Crippen LogP contribution is 2.27. The molecule has 3 nitrogen and oxygen atoms in total. The van der Waals surface area contributed by atoms with Crippen molar-refractivity contribution in [3.05, 3.63) is 29.3 Å². The third-order valence-corrected chi connectivity index (χ3v) is 2.73. The summed E-state index contributed by atoms with van der Waals surface area (Å²) in [5.41, 5.74) is 7.82. The molecule has 3 heteroatoms.